The Balaban J connectivity index is 1.53. The van der Waals surface area contributed by atoms with E-state index in [-0.39, 0.29) is 17.9 Å². The molecule has 7 heteroatoms. The van der Waals surface area contributed by atoms with E-state index in [9.17, 15) is 9.59 Å². The van der Waals surface area contributed by atoms with E-state index < -0.39 is 5.54 Å². The van der Waals surface area contributed by atoms with Crippen LogP contribution in [0.4, 0.5) is 0 Å². The average Bonchev–Trinajstić information content (AvgIpc) is 3.54. The first-order valence-corrected chi connectivity index (χ1v) is 12.8. The van der Waals surface area contributed by atoms with Crippen molar-refractivity contribution in [2.45, 2.75) is 64.7 Å². The summed E-state index contributed by atoms with van der Waals surface area (Å²) >= 11 is 0. The maximum Gasteiger partial charge on any atom is 0.271 e. The van der Waals surface area contributed by atoms with Gasteiger partial charge in [-0.1, -0.05) is 38.8 Å². The zero-order valence-electron chi connectivity index (χ0n) is 21.5. The Morgan fingerprint density at radius 1 is 1.14 bits per heavy atom. The summed E-state index contributed by atoms with van der Waals surface area (Å²) in [7, 11) is 1.62. The second kappa shape index (κ2) is 9.52. The number of amides is 2. The normalized spacial score (nSPS) is 25.9. The number of hydrogen-bond acceptors (Lipinski definition) is 4. The van der Waals surface area contributed by atoms with Crippen molar-refractivity contribution in [1.82, 2.24) is 14.8 Å². The molecule has 0 bridgehead atoms. The third kappa shape index (κ3) is 4.21. The quantitative estimate of drug-likeness (QED) is 0.522. The number of carbonyl (C=O) groups is 2. The predicted molar refractivity (Wildman–Crippen MR) is 138 cm³/mol. The van der Waals surface area contributed by atoms with Gasteiger partial charge in [0.15, 0.2) is 0 Å². The van der Waals surface area contributed by atoms with Crippen LogP contribution >= 0.6 is 0 Å². The third-order valence-corrected chi connectivity index (χ3v) is 8.27. The molecule has 5 rings (SSSR count). The Labute approximate surface area is 212 Å². The number of methoxy groups -OCH3 is 1. The second-order valence-electron chi connectivity index (χ2n) is 10.5. The highest BCUT2D eigenvalue weighted by Crippen LogP contribution is 2.36. The number of hydrogen-bond donors (Lipinski definition) is 1. The molecule has 1 saturated carbocycles. The standard InChI is InChI=1S/C29H35N3O4/c1-19-8-5-11-23(20(19)2)30-28(34)29(3)18-31-24(26-12-7-15-36-26)13-14-25(31)27(33)32(29)17-21-9-6-10-22(16-21)35-4/h6-7,9-10,12-16,19-20,23H,5,8,11,17-18H2,1-4H3,(H,30,34)/t19-,20-,23+,29+/m0/s1. The van der Waals surface area contributed by atoms with E-state index in [4.69, 9.17) is 9.15 Å². The Hall–Kier alpha value is -3.48. The molecule has 0 unspecified atom stereocenters. The van der Waals surface area contributed by atoms with Gasteiger partial charge in [-0.3, -0.25) is 9.59 Å². The molecule has 0 spiro atoms. The van der Waals surface area contributed by atoms with Crippen molar-refractivity contribution in [3.63, 3.8) is 0 Å². The van der Waals surface area contributed by atoms with Gasteiger partial charge < -0.3 is 23.9 Å². The van der Waals surface area contributed by atoms with E-state index >= 15 is 0 Å². The average molecular weight is 490 g/mol. The summed E-state index contributed by atoms with van der Waals surface area (Å²) in [5.41, 5.74) is 1.17. The van der Waals surface area contributed by atoms with Crippen LogP contribution in [-0.2, 0) is 17.9 Å². The van der Waals surface area contributed by atoms with Crippen LogP contribution in [0.15, 0.2) is 59.2 Å². The van der Waals surface area contributed by atoms with Gasteiger partial charge in [-0.05, 0) is 67.1 Å². The molecule has 1 aliphatic heterocycles. The molecule has 190 valence electrons. The van der Waals surface area contributed by atoms with E-state index in [1.54, 1.807) is 18.3 Å². The predicted octanol–water partition coefficient (Wildman–Crippen LogP) is 5.11. The van der Waals surface area contributed by atoms with Crippen LogP contribution in [0.5, 0.6) is 5.75 Å². The van der Waals surface area contributed by atoms with Gasteiger partial charge in [0.2, 0.25) is 5.91 Å². The summed E-state index contributed by atoms with van der Waals surface area (Å²) in [6, 6.07) is 15.2. The van der Waals surface area contributed by atoms with E-state index in [0.29, 0.717) is 36.4 Å². The monoisotopic (exact) mass is 489 g/mol. The maximum absolute atomic E-state index is 14.1. The Bertz CT molecular complexity index is 1250. The van der Waals surface area contributed by atoms with Gasteiger partial charge in [0, 0.05) is 12.6 Å². The van der Waals surface area contributed by atoms with Crippen molar-refractivity contribution < 1.29 is 18.7 Å². The summed E-state index contributed by atoms with van der Waals surface area (Å²) in [5.74, 6) is 2.04. The first-order valence-electron chi connectivity index (χ1n) is 12.8. The molecule has 2 aliphatic rings. The number of carbonyl (C=O) groups excluding carboxylic acids is 2. The van der Waals surface area contributed by atoms with Crippen LogP contribution in [0.3, 0.4) is 0 Å². The maximum atomic E-state index is 14.1. The molecule has 1 aliphatic carbocycles. The highest BCUT2D eigenvalue weighted by atomic mass is 16.5. The molecule has 1 N–H and O–H groups in total. The van der Waals surface area contributed by atoms with E-state index in [2.05, 4.69) is 19.2 Å². The lowest BCUT2D eigenvalue weighted by Crippen LogP contribution is -2.65. The zero-order chi connectivity index (χ0) is 25.4. The van der Waals surface area contributed by atoms with Gasteiger partial charge >= 0.3 is 0 Å². The Morgan fingerprint density at radius 3 is 2.69 bits per heavy atom. The van der Waals surface area contributed by atoms with Gasteiger partial charge in [0.25, 0.3) is 5.91 Å². The summed E-state index contributed by atoms with van der Waals surface area (Å²) in [5, 5.41) is 3.35. The van der Waals surface area contributed by atoms with Crippen LogP contribution in [0.2, 0.25) is 0 Å². The van der Waals surface area contributed by atoms with E-state index in [1.165, 1.54) is 6.42 Å². The fourth-order valence-electron chi connectivity index (χ4n) is 5.72. The third-order valence-electron chi connectivity index (χ3n) is 8.27. The van der Waals surface area contributed by atoms with Crippen LogP contribution in [0, 0.1) is 11.8 Å². The van der Waals surface area contributed by atoms with Crippen LogP contribution in [0.25, 0.3) is 11.5 Å². The Morgan fingerprint density at radius 2 is 1.94 bits per heavy atom. The minimum atomic E-state index is -1.09. The van der Waals surface area contributed by atoms with Crippen LogP contribution < -0.4 is 10.1 Å². The number of rotatable bonds is 6. The van der Waals surface area contributed by atoms with Crippen molar-refractivity contribution in [3.05, 3.63) is 66.1 Å². The molecular weight excluding hydrogens is 454 g/mol. The molecule has 36 heavy (non-hydrogen) atoms. The fraction of sp³-hybridized carbons (Fsp3) is 0.448. The summed E-state index contributed by atoms with van der Waals surface area (Å²) < 4.78 is 13.0. The molecule has 2 amide bonds. The molecule has 7 nitrogen and oxygen atoms in total. The molecule has 1 fully saturated rings. The highest BCUT2D eigenvalue weighted by molar-refractivity contribution is 6.00. The minimum absolute atomic E-state index is 0.0995. The molecule has 2 aromatic heterocycles. The lowest BCUT2D eigenvalue weighted by atomic mass is 9.77. The van der Waals surface area contributed by atoms with Gasteiger partial charge in [-0.25, -0.2) is 0 Å². The summed E-state index contributed by atoms with van der Waals surface area (Å²) in [6.07, 6.45) is 4.87. The molecule has 4 atom stereocenters. The number of nitrogens with one attached hydrogen (secondary N) is 1. The fourth-order valence-corrected chi connectivity index (χ4v) is 5.72. The Kier molecular flexibility index (Phi) is 6.41. The van der Waals surface area contributed by atoms with E-state index in [1.807, 2.05) is 60.0 Å². The molecule has 1 aromatic carbocycles. The topological polar surface area (TPSA) is 76.7 Å². The van der Waals surface area contributed by atoms with Gasteiger partial charge in [0.05, 0.1) is 25.6 Å². The highest BCUT2D eigenvalue weighted by Gasteiger charge is 2.48. The van der Waals surface area contributed by atoms with Gasteiger partial charge in [-0.15, -0.1) is 0 Å². The van der Waals surface area contributed by atoms with Crippen LogP contribution in [0.1, 0.15) is 56.1 Å². The molecule has 0 radical (unpaired) electrons. The summed E-state index contributed by atoms with van der Waals surface area (Å²) in [6.45, 7) is 7.00. The van der Waals surface area contributed by atoms with Gasteiger partial charge in [0.1, 0.15) is 22.7 Å². The smallest absolute Gasteiger partial charge is 0.271 e. The van der Waals surface area contributed by atoms with E-state index in [0.717, 1.165) is 29.8 Å². The molecule has 3 heterocycles. The largest absolute Gasteiger partial charge is 0.497 e. The number of aromatic nitrogens is 1. The number of ether oxygens (including phenoxy) is 1. The number of benzene rings is 1. The van der Waals surface area contributed by atoms with Gasteiger partial charge in [-0.2, -0.15) is 0 Å². The number of nitrogens with zero attached hydrogens (tertiary/aromatic N) is 2. The first-order chi connectivity index (χ1) is 17.3. The lowest BCUT2D eigenvalue weighted by Gasteiger charge is -2.46. The van der Waals surface area contributed by atoms with Crippen molar-refractivity contribution in [2.75, 3.05) is 7.11 Å². The zero-order valence-corrected chi connectivity index (χ0v) is 21.5. The van der Waals surface area contributed by atoms with Crippen molar-refractivity contribution in [1.29, 1.82) is 0 Å². The first kappa shape index (κ1) is 24.2. The van der Waals surface area contributed by atoms with Crippen molar-refractivity contribution >= 4 is 11.8 Å². The second-order valence-corrected chi connectivity index (χ2v) is 10.5. The SMILES string of the molecule is COc1cccc(CN2C(=O)c3ccc(-c4ccco4)n3C[C@]2(C)C(=O)N[C@@H]2CCC[C@H](C)[C@@H]2C)c1. The summed E-state index contributed by atoms with van der Waals surface area (Å²) in [4.78, 5) is 29.7. The molecular formula is C29H35N3O4. The molecule has 3 aromatic rings. The van der Waals surface area contributed by atoms with Crippen molar-refractivity contribution in [3.8, 4) is 17.2 Å². The number of furan rings is 1. The minimum Gasteiger partial charge on any atom is -0.497 e. The lowest BCUT2D eigenvalue weighted by molar-refractivity contribution is -0.134. The molecule has 0 saturated heterocycles. The number of fused-ring (bicyclic) bond motifs is 1. The van der Waals surface area contributed by atoms with Crippen LogP contribution in [-0.4, -0.2) is 40.0 Å². The van der Waals surface area contributed by atoms with Crippen molar-refractivity contribution in [2.24, 2.45) is 11.8 Å².